The molecular formula is C24H24FN3O2S. The second-order valence-electron chi connectivity index (χ2n) is 7.73. The fourth-order valence-electron chi connectivity index (χ4n) is 3.74. The van der Waals surface area contributed by atoms with E-state index in [1.165, 1.54) is 30.1 Å². The van der Waals surface area contributed by atoms with E-state index in [4.69, 9.17) is 9.72 Å². The zero-order valence-corrected chi connectivity index (χ0v) is 18.8. The van der Waals surface area contributed by atoms with Crippen LogP contribution < -0.4 is 10.3 Å². The Bertz CT molecular complexity index is 1290. The van der Waals surface area contributed by atoms with Gasteiger partial charge in [-0.15, -0.1) is 11.3 Å². The minimum absolute atomic E-state index is 0.135. The van der Waals surface area contributed by atoms with Gasteiger partial charge in [-0.25, -0.2) is 9.37 Å². The summed E-state index contributed by atoms with van der Waals surface area (Å²) in [5.41, 5.74) is 3.83. The number of methoxy groups -OCH3 is 1. The van der Waals surface area contributed by atoms with E-state index in [0.29, 0.717) is 24.3 Å². The predicted molar refractivity (Wildman–Crippen MR) is 123 cm³/mol. The van der Waals surface area contributed by atoms with Gasteiger partial charge in [-0.2, -0.15) is 0 Å². The third kappa shape index (κ3) is 4.38. The number of thiophene rings is 1. The Hall–Kier alpha value is -3.03. The first kappa shape index (κ1) is 21.2. The quantitative estimate of drug-likeness (QED) is 0.459. The van der Waals surface area contributed by atoms with Gasteiger partial charge in [-0.05, 0) is 44.2 Å². The van der Waals surface area contributed by atoms with E-state index in [0.717, 1.165) is 26.4 Å². The molecule has 2 aromatic heterocycles. The fourth-order valence-corrected chi connectivity index (χ4v) is 4.80. The average Bonchev–Trinajstić information content (AvgIpc) is 3.05. The number of fused-ring (bicyclic) bond motifs is 1. The molecule has 160 valence electrons. The molecule has 0 radical (unpaired) electrons. The normalized spacial score (nSPS) is 11.4. The zero-order valence-electron chi connectivity index (χ0n) is 18.0. The van der Waals surface area contributed by atoms with Gasteiger partial charge in [0.2, 0.25) is 0 Å². The molecule has 0 aliphatic heterocycles. The van der Waals surface area contributed by atoms with E-state index in [1.807, 2.05) is 56.1 Å². The van der Waals surface area contributed by atoms with Crippen LogP contribution in [-0.4, -0.2) is 29.0 Å². The first-order valence-corrected chi connectivity index (χ1v) is 10.8. The second-order valence-corrected chi connectivity index (χ2v) is 8.94. The number of hydrogen-bond donors (Lipinski definition) is 1. The lowest BCUT2D eigenvalue weighted by molar-refractivity contribution is 0.309. The van der Waals surface area contributed by atoms with Gasteiger partial charge in [-0.1, -0.05) is 35.9 Å². The van der Waals surface area contributed by atoms with Crippen molar-refractivity contribution >= 4 is 21.6 Å². The van der Waals surface area contributed by atoms with E-state index >= 15 is 0 Å². The van der Waals surface area contributed by atoms with Gasteiger partial charge >= 0.3 is 0 Å². The van der Waals surface area contributed by atoms with Crippen LogP contribution in [0.25, 0.3) is 21.3 Å². The minimum Gasteiger partial charge on any atom is -0.494 e. The van der Waals surface area contributed by atoms with Gasteiger partial charge in [0.15, 0.2) is 11.6 Å². The molecule has 5 nitrogen and oxygen atoms in total. The molecule has 0 unspecified atom stereocenters. The van der Waals surface area contributed by atoms with Crippen LogP contribution in [-0.2, 0) is 13.1 Å². The van der Waals surface area contributed by atoms with Gasteiger partial charge in [-0.3, -0.25) is 9.69 Å². The van der Waals surface area contributed by atoms with Gasteiger partial charge in [0.1, 0.15) is 10.7 Å². The fraction of sp³-hybridized carbons (Fsp3) is 0.250. The van der Waals surface area contributed by atoms with Crippen LogP contribution in [0.5, 0.6) is 5.75 Å². The number of aromatic nitrogens is 2. The van der Waals surface area contributed by atoms with E-state index in [2.05, 4.69) is 4.98 Å². The van der Waals surface area contributed by atoms with Crippen LogP contribution in [0, 0.1) is 19.7 Å². The van der Waals surface area contributed by atoms with Gasteiger partial charge in [0, 0.05) is 17.0 Å². The van der Waals surface area contributed by atoms with Crippen LogP contribution >= 0.6 is 11.3 Å². The first-order chi connectivity index (χ1) is 14.9. The summed E-state index contributed by atoms with van der Waals surface area (Å²) in [6.45, 7) is 5.02. The van der Waals surface area contributed by atoms with E-state index in [1.54, 1.807) is 6.07 Å². The topological polar surface area (TPSA) is 58.2 Å². The number of ether oxygens (including phenoxy) is 1. The minimum atomic E-state index is -0.390. The van der Waals surface area contributed by atoms with Crippen LogP contribution in [0.15, 0.2) is 47.3 Å². The summed E-state index contributed by atoms with van der Waals surface area (Å²) in [6, 6.07) is 13.1. The van der Waals surface area contributed by atoms with E-state index in [-0.39, 0.29) is 17.1 Å². The maximum atomic E-state index is 14.0. The lowest BCUT2D eigenvalue weighted by atomic mass is 10.0. The van der Waals surface area contributed by atoms with Crippen molar-refractivity contribution in [2.75, 3.05) is 14.2 Å². The predicted octanol–water partition coefficient (Wildman–Crippen LogP) is 5.05. The van der Waals surface area contributed by atoms with Gasteiger partial charge in [0.25, 0.3) is 5.56 Å². The monoisotopic (exact) mass is 437 g/mol. The highest BCUT2D eigenvalue weighted by atomic mass is 32.1. The Balaban J connectivity index is 1.60. The van der Waals surface area contributed by atoms with Gasteiger partial charge in [0.05, 0.1) is 19.0 Å². The summed E-state index contributed by atoms with van der Waals surface area (Å²) in [7, 11) is 3.35. The molecule has 0 bridgehead atoms. The van der Waals surface area contributed by atoms with E-state index < -0.39 is 0 Å². The summed E-state index contributed by atoms with van der Waals surface area (Å²) in [5.74, 6) is 0.421. The van der Waals surface area contributed by atoms with Crippen molar-refractivity contribution in [1.29, 1.82) is 0 Å². The van der Waals surface area contributed by atoms with Gasteiger partial charge < -0.3 is 9.72 Å². The number of nitrogens with zero attached hydrogens (tertiary/aromatic N) is 2. The molecule has 2 aromatic carbocycles. The molecule has 0 spiro atoms. The lowest BCUT2D eigenvalue weighted by Gasteiger charge is -2.16. The van der Waals surface area contributed by atoms with Crippen LogP contribution in [0.1, 0.15) is 21.8 Å². The number of aryl methyl sites for hydroxylation is 2. The van der Waals surface area contributed by atoms with Crippen molar-refractivity contribution in [2.45, 2.75) is 26.9 Å². The van der Waals surface area contributed by atoms with Crippen molar-refractivity contribution in [3.8, 4) is 16.9 Å². The molecule has 0 saturated heterocycles. The molecule has 0 aliphatic rings. The van der Waals surface area contributed by atoms with E-state index in [9.17, 15) is 9.18 Å². The summed E-state index contributed by atoms with van der Waals surface area (Å²) >= 11 is 1.53. The SMILES string of the molecule is COc1ccc(CN(C)Cc2nc3sc(C)c(-c4ccc(C)cc4)c3c(=O)[nH]2)cc1F. The second kappa shape index (κ2) is 8.61. The molecule has 2 heterocycles. The summed E-state index contributed by atoms with van der Waals surface area (Å²) in [4.78, 5) is 24.4. The summed E-state index contributed by atoms with van der Waals surface area (Å²) in [5, 5.41) is 0.634. The standard InChI is InChI=1S/C24H24FN3O2S/c1-14-5-8-17(9-6-14)21-15(2)31-24-22(21)23(29)26-20(27-24)13-28(3)12-16-7-10-19(30-4)18(25)11-16/h5-11H,12-13H2,1-4H3,(H,26,27,29). The first-order valence-electron chi connectivity index (χ1n) is 9.96. The highest BCUT2D eigenvalue weighted by Crippen LogP contribution is 2.35. The number of rotatable bonds is 6. The molecule has 0 aliphatic carbocycles. The maximum Gasteiger partial charge on any atom is 0.260 e. The molecule has 31 heavy (non-hydrogen) atoms. The molecular weight excluding hydrogens is 413 g/mol. The average molecular weight is 438 g/mol. The Morgan fingerprint density at radius 2 is 1.87 bits per heavy atom. The molecule has 1 N–H and O–H groups in total. The van der Waals surface area contributed by atoms with Crippen molar-refractivity contribution in [2.24, 2.45) is 0 Å². The largest absolute Gasteiger partial charge is 0.494 e. The molecule has 4 rings (SSSR count). The highest BCUT2D eigenvalue weighted by molar-refractivity contribution is 7.19. The Kier molecular flexibility index (Phi) is 5.89. The Labute approximate surface area is 184 Å². The zero-order chi connectivity index (χ0) is 22.1. The van der Waals surface area contributed by atoms with Crippen molar-refractivity contribution in [1.82, 2.24) is 14.9 Å². The lowest BCUT2D eigenvalue weighted by Crippen LogP contribution is -2.21. The third-order valence-electron chi connectivity index (χ3n) is 5.22. The molecule has 7 heteroatoms. The number of aromatic amines is 1. The van der Waals surface area contributed by atoms with Crippen LogP contribution in [0.3, 0.4) is 0 Å². The number of H-pyrrole nitrogens is 1. The van der Waals surface area contributed by atoms with Crippen LogP contribution in [0.4, 0.5) is 4.39 Å². The highest BCUT2D eigenvalue weighted by Gasteiger charge is 2.17. The molecule has 0 saturated carbocycles. The van der Waals surface area contributed by atoms with Crippen molar-refractivity contribution in [3.05, 3.63) is 80.5 Å². The summed E-state index contributed by atoms with van der Waals surface area (Å²) < 4.78 is 18.9. The molecule has 4 aromatic rings. The molecule has 0 fully saturated rings. The van der Waals surface area contributed by atoms with Crippen LogP contribution in [0.2, 0.25) is 0 Å². The number of benzene rings is 2. The maximum absolute atomic E-state index is 14.0. The Morgan fingerprint density at radius 3 is 2.55 bits per heavy atom. The molecule has 0 amide bonds. The number of nitrogens with one attached hydrogen (secondary N) is 1. The number of hydrogen-bond acceptors (Lipinski definition) is 5. The van der Waals surface area contributed by atoms with Crippen molar-refractivity contribution < 1.29 is 9.13 Å². The Morgan fingerprint density at radius 1 is 1.13 bits per heavy atom. The third-order valence-corrected chi connectivity index (χ3v) is 6.21. The van der Waals surface area contributed by atoms with Crippen molar-refractivity contribution in [3.63, 3.8) is 0 Å². The molecule has 0 atom stereocenters. The smallest absolute Gasteiger partial charge is 0.260 e. The summed E-state index contributed by atoms with van der Waals surface area (Å²) in [6.07, 6.45) is 0. The number of halogens is 1.